The number of nitrogens with zero attached hydrogens (tertiary/aromatic N) is 2. The first kappa shape index (κ1) is 14.7. The molecular weight excluding hydrogens is 371 g/mol. The number of rotatable bonds is 4. The van der Waals surface area contributed by atoms with Gasteiger partial charge in [-0.25, -0.2) is 4.98 Å². The zero-order valence-corrected chi connectivity index (χ0v) is 13.2. The molecule has 0 aliphatic heterocycles. The maximum Gasteiger partial charge on any atom is 0.267 e. The summed E-state index contributed by atoms with van der Waals surface area (Å²) < 4.78 is 7.35. The van der Waals surface area contributed by atoms with E-state index >= 15 is 0 Å². The number of carbonyl (C=O) groups excluding carboxylic acids is 1. The second-order valence-electron chi connectivity index (χ2n) is 4.27. The fourth-order valence-corrected chi connectivity index (χ4v) is 2.29. The molecule has 104 valence electrons. The molecule has 0 N–H and O–H groups in total. The zero-order chi connectivity index (χ0) is 14.7. The number of aryl methyl sites for hydroxylation is 1. The standard InChI is InChI=1S/C14H13IN2O3/c1-9-13(15)14(19)17(8-16-9)6-11-5-10(7-18)3-4-12(11)20-2/h3-5,7-8H,6H2,1-2H3. The lowest BCUT2D eigenvalue weighted by atomic mass is 10.1. The topological polar surface area (TPSA) is 61.2 Å². The van der Waals surface area contributed by atoms with Crippen LogP contribution in [0.4, 0.5) is 0 Å². The SMILES string of the molecule is COc1ccc(C=O)cc1Cn1cnc(C)c(I)c1=O. The van der Waals surface area contributed by atoms with E-state index in [4.69, 9.17) is 4.74 Å². The van der Waals surface area contributed by atoms with Crippen molar-refractivity contribution in [1.29, 1.82) is 0 Å². The minimum atomic E-state index is -0.100. The third-order valence-corrected chi connectivity index (χ3v) is 4.18. The molecule has 2 rings (SSSR count). The number of methoxy groups -OCH3 is 1. The molecule has 1 aromatic carbocycles. The van der Waals surface area contributed by atoms with Gasteiger partial charge in [0.05, 0.1) is 29.2 Å². The van der Waals surface area contributed by atoms with Gasteiger partial charge in [-0.15, -0.1) is 0 Å². The number of aldehydes is 1. The molecule has 2 aromatic rings. The second-order valence-corrected chi connectivity index (χ2v) is 5.34. The summed E-state index contributed by atoms with van der Waals surface area (Å²) in [6, 6.07) is 5.11. The van der Waals surface area contributed by atoms with Crippen LogP contribution in [0.5, 0.6) is 5.75 Å². The van der Waals surface area contributed by atoms with Gasteiger partial charge in [-0.1, -0.05) is 0 Å². The number of carbonyl (C=O) groups is 1. The van der Waals surface area contributed by atoms with Crippen molar-refractivity contribution in [3.63, 3.8) is 0 Å². The molecule has 6 heteroatoms. The molecule has 5 nitrogen and oxygen atoms in total. The van der Waals surface area contributed by atoms with Crippen LogP contribution in [0.1, 0.15) is 21.6 Å². The molecule has 0 aliphatic rings. The molecule has 1 heterocycles. The Kier molecular flexibility index (Phi) is 4.53. The van der Waals surface area contributed by atoms with Crippen LogP contribution in [-0.4, -0.2) is 22.9 Å². The van der Waals surface area contributed by atoms with Crippen molar-refractivity contribution >= 4 is 28.9 Å². The van der Waals surface area contributed by atoms with E-state index in [2.05, 4.69) is 4.98 Å². The molecule has 0 amide bonds. The Morgan fingerprint density at radius 2 is 2.20 bits per heavy atom. The molecule has 0 spiro atoms. The van der Waals surface area contributed by atoms with Gasteiger partial charge >= 0.3 is 0 Å². The molecule has 0 atom stereocenters. The van der Waals surface area contributed by atoms with E-state index in [1.54, 1.807) is 32.2 Å². The highest BCUT2D eigenvalue weighted by Gasteiger charge is 2.09. The van der Waals surface area contributed by atoms with Crippen molar-refractivity contribution in [2.24, 2.45) is 0 Å². The first-order valence-corrected chi connectivity index (χ1v) is 6.98. The number of hydrogen-bond donors (Lipinski definition) is 0. The predicted molar refractivity (Wildman–Crippen MR) is 83.4 cm³/mol. The van der Waals surface area contributed by atoms with Gasteiger partial charge in [0.1, 0.15) is 12.0 Å². The third-order valence-electron chi connectivity index (χ3n) is 2.94. The molecular formula is C14H13IN2O3. The maximum atomic E-state index is 12.2. The summed E-state index contributed by atoms with van der Waals surface area (Å²) >= 11 is 1.99. The van der Waals surface area contributed by atoms with Gasteiger partial charge in [-0.2, -0.15) is 0 Å². The summed E-state index contributed by atoms with van der Waals surface area (Å²) in [5, 5.41) is 0. The highest BCUT2D eigenvalue weighted by molar-refractivity contribution is 14.1. The minimum Gasteiger partial charge on any atom is -0.496 e. The maximum absolute atomic E-state index is 12.2. The van der Waals surface area contributed by atoms with Crippen LogP contribution in [0.25, 0.3) is 0 Å². The van der Waals surface area contributed by atoms with Crippen LogP contribution < -0.4 is 10.3 Å². The van der Waals surface area contributed by atoms with Crippen molar-refractivity contribution in [3.05, 3.63) is 55.3 Å². The van der Waals surface area contributed by atoms with E-state index in [-0.39, 0.29) is 5.56 Å². The molecule has 0 bridgehead atoms. The quantitative estimate of drug-likeness (QED) is 0.598. The van der Waals surface area contributed by atoms with Crippen molar-refractivity contribution in [2.45, 2.75) is 13.5 Å². The smallest absolute Gasteiger partial charge is 0.267 e. The number of halogens is 1. The Morgan fingerprint density at radius 3 is 2.85 bits per heavy atom. The Morgan fingerprint density at radius 1 is 1.45 bits per heavy atom. The van der Waals surface area contributed by atoms with Crippen molar-refractivity contribution in [3.8, 4) is 5.75 Å². The van der Waals surface area contributed by atoms with E-state index in [9.17, 15) is 9.59 Å². The van der Waals surface area contributed by atoms with Gasteiger partial charge in [0.25, 0.3) is 5.56 Å². The van der Waals surface area contributed by atoms with E-state index in [0.717, 1.165) is 11.8 Å². The Bertz CT molecular complexity index is 710. The van der Waals surface area contributed by atoms with Crippen LogP contribution in [0.15, 0.2) is 29.3 Å². The number of hydrogen-bond acceptors (Lipinski definition) is 4. The summed E-state index contributed by atoms with van der Waals surface area (Å²) in [5.41, 5.74) is 1.92. The van der Waals surface area contributed by atoms with Crippen LogP contribution in [-0.2, 0) is 6.54 Å². The highest BCUT2D eigenvalue weighted by atomic mass is 127. The van der Waals surface area contributed by atoms with Gasteiger partial charge in [0.15, 0.2) is 0 Å². The fraction of sp³-hybridized carbons (Fsp3) is 0.214. The molecule has 0 fully saturated rings. The van der Waals surface area contributed by atoms with E-state index in [0.29, 0.717) is 27.1 Å². The average Bonchev–Trinajstić information content (AvgIpc) is 2.47. The van der Waals surface area contributed by atoms with Gasteiger partial charge in [-0.3, -0.25) is 14.2 Å². The first-order chi connectivity index (χ1) is 9.56. The third kappa shape index (κ3) is 2.90. The van der Waals surface area contributed by atoms with Crippen molar-refractivity contribution < 1.29 is 9.53 Å². The summed E-state index contributed by atoms with van der Waals surface area (Å²) in [4.78, 5) is 27.2. The van der Waals surface area contributed by atoms with Gasteiger partial charge in [0, 0.05) is 11.1 Å². The van der Waals surface area contributed by atoms with E-state index < -0.39 is 0 Å². The van der Waals surface area contributed by atoms with Crippen LogP contribution in [0.2, 0.25) is 0 Å². The zero-order valence-electron chi connectivity index (χ0n) is 11.1. The van der Waals surface area contributed by atoms with E-state index in [1.807, 2.05) is 22.6 Å². The van der Waals surface area contributed by atoms with Crippen LogP contribution >= 0.6 is 22.6 Å². The Hall–Kier alpha value is -1.70. The highest BCUT2D eigenvalue weighted by Crippen LogP contribution is 2.20. The molecule has 0 saturated heterocycles. The molecule has 0 saturated carbocycles. The van der Waals surface area contributed by atoms with Crippen molar-refractivity contribution in [1.82, 2.24) is 9.55 Å². The van der Waals surface area contributed by atoms with E-state index in [1.165, 1.54) is 10.9 Å². The average molecular weight is 384 g/mol. The summed E-state index contributed by atoms with van der Waals surface area (Å²) in [7, 11) is 1.55. The molecule has 0 radical (unpaired) electrons. The minimum absolute atomic E-state index is 0.100. The normalized spacial score (nSPS) is 10.3. The summed E-state index contributed by atoms with van der Waals surface area (Å²) in [6.07, 6.45) is 2.27. The van der Waals surface area contributed by atoms with Gasteiger partial charge < -0.3 is 4.74 Å². The molecule has 20 heavy (non-hydrogen) atoms. The van der Waals surface area contributed by atoms with Gasteiger partial charge in [0.2, 0.25) is 0 Å². The largest absolute Gasteiger partial charge is 0.496 e. The Balaban J connectivity index is 2.46. The molecule has 0 aliphatic carbocycles. The molecule has 0 unspecified atom stereocenters. The lowest BCUT2D eigenvalue weighted by molar-refractivity contribution is 0.112. The number of benzene rings is 1. The van der Waals surface area contributed by atoms with Crippen LogP contribution in [0, 0.1) is 10.5 Å². The lowest BCUT2D eigenvalue weighted by Gasteiger charge is -2.11. The fourth-order valence-electron chi connectivity index (χ4n) is 1.84. The summed E-state index contributed by atoms with van der Waals surface area (Å²) in [5.74, 6) is 0.637. The number of aromatic nitrogens is 2. The van der Waals surface area contributed by atoms with Crippen molar-refractivity contribution in [2.75, 3.05) is 7.11 Å². The monoisotopic (exact) mass is 384 g/mol. The lowest BCUT2D eigenvalue weighted by Crippen LogP contribution is -2.24. The Labute approximate surface area is 129 Å². The molecule has 1 aromatic heterocycles. The first-order valence-electron chi connectivity index (χ1n) is 5.90. The predicted octanol–water partition coefficient (Wildman–Crippen LogP) is 2.03. The van der Waals surface area contributed by atoms with Gasteiger partial charge in [-0.05, 0) is 47.7 Å². The second kappa shape index (κ2) is 6.17. The number of ether oxygens (including phenoxy) is 1. The summed E-state index contributed by atoms with van der Waals surface area (Å²) in [6.45, 7) is 2.11. The van der Waals surface area contributed by atoms with Crippen LogP contribution in [0.3, 0.4) is 0 Å².